The third kappa shape index (κ3) is 2.96. The van der Waals surface area contributed by atoms with E-state index in [0.717, 1.165) is 6.42 Å². The Bertz CT molecular complexity index is 438. The summed E-state index contributed by atoms with van der Waals surface area (Å²) in [6.45, 7) is 3.85. The van der Waals surface area contributed by atoms with Crippen molar-refractivity contribution in [3.8, 4) is 6.01 Å². The lowest BCUT2D eigenvalue weighted by atomic mass is 10.4. The highest BCUT2D eigenvalue weighted by atomic mass is 16.5. The molecule has 1 aromatic heterocycles. The number of nitrogens with one attached hydrogen (secondary N) is 1. The average Bonchev–Trinajstić information content (AvgIpc) is 2.53. The van der Waals surface area contributed by atoms with Crippen LogP contribution in [0.3, 0.4) is 0 Å². The lowest BCUT2D eigenvalue weighted by molar-refractivity contribution is -0.119. The molecule has 1 aliphatic heterocycles. The number of hydrogen-bond donors (Lipinski definition) is 2. The van der Waals surface area contributed by atoms with Crippen LogP contribution in [-0.4, -0.2) is 47.1 Å². The van der Waals surface area contributed by atoms with Gasteiger partial charge in [-0.2, -0.15) is 15.0 Å². The van der Waals surface area contributed by atoms with Crippen molar-refractivity contribution in [2.24, 2.45) is 0 Å². The van der Waals surface area contributed by atoms with Crippen LogP contribution >= 0.6 is 0 Å². The van der Waals surface area contributed by atoms with Crippen molar-refractivity contribution in [2.45, 2.75) is 13.3 Å². The molecule has 1 saturated heterocycles. The summed E-state index contributed by atoms with van der Waals surface area (Å²) in [5.41, 5.74) is 5.60. The molecule has 2 heterocycles. The Labute approximate surface area is 105 Å². The van der Waals surface area contributed by atoms with Gasteiger partial charge >= 0.3 is 6.01 Å². The Balaban J connectivity index is 2.22. The molecule has 18 heavy (non-hydrogen) atoms. The van der Waals surface area contributed by atoms with E-state index in [-0.39, 0.29) is 24.4 Å². The van der Waals surface area contributed by atoms with E-state index in [1.165, 1.54) is 0 Å². The minimum absolute atomic E-state index is 0.0514. The van der Waals surface area contributed by atoms with E-state index in [0.29, 0.717) is 25.6 Å². The number of anilines is 2. The van der Waals surface area contributed by atoms with Gasteiger partial charge in [0.1, 0.15) is 0 Å². The second kappa shape index (κ2) is 5.48. The van der Waals surface area contributed by atoms with Crippen molar-refractivity contribution in [1.29, 1.82) is 0 Å². The van der Waals surface area contributed by atoms with E-state index in [2.05, 4.69) is 20.3 Å². The first-order valence-corrected chi connectivity index (χ1v) is 5.85. The van der Waals surface area contributed by atoms with Gasteiger partial charge in [-0.1, -0.05) is 0 Å². The minimum Gasteiger partial charge on any atom is -0.464 e. The van der Waals surface area contributed by atoms with E-state index in [1.54, 1.807) is 4.90 Å². The summed E-state index contributed by atoms with van der Waals surface area (Å²) in [5.74, 6) is 0.417. The van der Waals surface area contributed by atoms with Crippen LogP contribution in [0.15, 0.2) is 0 Å². The Morgan fingerprint density at radius 2 is 2.28 bits per heavy atom. The first kappa shape index (κ1) is 12.3. The summed E-state index contributed by atoms with van der Waals surface area (Å²) < 4.78 is 5.21. The van der Waals surface area contributed by atoms with Crippen molar-refractivity contribution in [3.05, 3.63) is 0 Å². The molecule has 98 valence electrons. The van der Waals surface area contributed by atoms with Crippen LogP contribution in [0.2, 0.25) is 0 Å². The van der Waals surface area contributed by atoms with E-state index in [4.69, 9.17) is 10.5 Å². The first-order chi connectivity index (χ1) is 8.69. The van der Waals surface area contributed by atoms with E-state index >= 15 is 0 Å². The van der Waals surface area contributed by atoms with Crippen molar-refractivity contribution in [2.75, 3.05) is 36.9 Å². The number of rotatable bonds is 3. The fraction of sp³-hybridized carbons (Fsp3) is 0.600. The quantitative estimate of drug-likeness (QED) is 0.723. The fourth-order valence-electron chi connectivity index (χ4n) is 1.67. The van der Waals surface area contributed by atoms with E-state index in [9.17, 15) is 4.79 Å². The van der Waals surface area contributed by atoms with E-state index < -0.39 is 0 Å². The Hall–Kier alpha value is -2.12. The van der Waals surface area contributed by atoms with Crippen LogP contribution in [-0.2, 0) is 4.79 Å². The molecule has 0 saturated carbocycles. The van der Waals surface area contributed by atoms with Crippen LogP contribution in [0.5, 0.6) is 6.01 Å². The summed E-state index contributed by atoms with van der Waals surface area (Å²) in [5, 5.41) is 2.78. The molecular weight excluding hydrogens is 236 g/mol. The topological polar surface area (TPSA) is 106 Å². The molecule has 3 N–H and O–H groups in total. The van der Waals surface area contributed by atoms with Gasteiger partial charge in [0, 0.05) is 13.1 Å². The molecule has 8 heteroatoms. The molecular formula is C10H16N6O2. The standard InChI is InChI=1S/C10H16N6O2/c1-2-18-10-14-8(11)13-9(15-10)16-5-3-4-12-7(17)6-16/h2-6H2,1H3,(H,12,17)(H2,11,13,14,15). The predicted molar refractivity (Wildman–Crippen MR) is 65.2 cm³/mol. The normalized spacial score (nSPS) is 16.1. The lowest BCUT2D eigenvalue weighted by Gasteiger charge is -2.18. The zero-order chi connectivity index (χ0) is 13.0. The molecule has 0 spiro atoms. The lowest BCUT2D eigenvalue weighted by Crippen LogP contribution is -2.34. The maximum atomic E-state index is 11.5. The van der Waals surface area contributed by atoms with Gasteiger partial charge in [-0.15, -0.1) is 0 Å². The number of carbonyl (C=O) groups is 1. The Kier molecular flexibility index (Phi) is 3.75. The minimum atomic E-state index is -0.0514. The molecule has 0 bridgehead atoms. The van der Waals surface area contributed by atoms with Crippen LogP contribution in [0.1, 0.15) is 13.3 Å². The predicted octanol–water partition coefficient (Wildman–Crippen LogP) is -0.821. The fourth-order valence-corrected chi connectivity index (χ4v) is 1.67. The Morgan fingerprint density at radius 3 is 3.06 bits per heavy atom. The van der Waals surface area contributed by atoms with Crippen LogP contribution in [0, 0.1) is 0 Å². The maximum absolute atomic E-state index is 11.5. The number of nitrogen functional groups attached to an aromatic ring is 1. The number of carbonyl (C=O) groups excluding carboxylic acids is 1. The van der Waals surface area contributed by atoms with Gasteiger partial charge in [0.2, 0.25) is 17.8 Å². The summed E-state index contributed by atoms with van der Waals surface area (Å²) in [7, 11) is 0. The van der Waals surface area contributed by atoms with E-state index in [1.807, 2.05) is 6.92 Å². The van der Waals surface area contributed by atoms with Crippen LogP contribution in [0.25, 0.3) is 0 Å². The second-order valence-electron chi connectivity index (χ2n) is 3.83. The zero-order valence-electron chi connectivity index (χ0n) is 10.2. The van der Waals surface area contributed by atoms with Gasteiger partial charge in [0.05, 0.1) is 13.2 Å². The average molecular weight is 252 g/mol. The number of nitrogens with zero attached hydrogens (tertiary/aromatic N) is 4. The third-order valence-electron chi connectivity index (χ3n) is 2.44. The van der Waals surface area contributed by atoms with Gasteiger partial charge in [-0.25, -0.2) is 0 Å². The molecule has 1 fully saturated rings. The molecule has 0 atom stereocenters. The molecule has 2 rings (SSSR count). The zero-order valence-corrected chi connectivity index (χ0v) is 10.2. The summed E-state index contributed by atoms with van der Waals surface area (Å²) in [6.07, 6.45) is 0.835. The van der Waals surface area contributed by atoms with Gasteiger partial charge in [0.15, 0.2) is 0 Å². The van der Waals surface area contributed by atoms with Gasteiger partial charge < -0.3 is 20.7 Å². The van der Waals surface area contributed by atoms with Crippen molar-refractivity contribution in [3.63, 3.8) is 0 Å². The van der Waals surface area contributed by atoms with Gasteiger partial charge in [-0.05, 0) is 13.3 Å². The smallest absolute Gasteiger partial charge is 0.323 e. The molecule has 1 aromatic rings. The summed E-state index contributed by atoms with van der Waals surface area (Å²) >= 11 is 0. The van der Waals surface area contributed by atoms with Gasteiger partial charge in [-0.3, -0.25) is 4.79 Å². The monoisotopic (exact) mass is 252 g/mol. The number of nitrogens with two attached hydrogens (primary N) is 1. The van der Waals surface area contributed by atoms with Crippen LogP contribution < -0.4 is 20.7 Å². The number of aromatic nitrogens is 3. The van der Waals surface area contributed by atoms with Gasteiger partial charge in [0.25, 0.3) is 0 Å². The van der Waals surface area contributed by atoms with Crippen molar-refractivity contribution < 1.29 is 9.53 Å². The number of amides is 1. The van der Waals surface area contributed by atoms with Crippen molar-refractivity contribution >= 4 is 17.8 Å². The molecule has 1 amide bonds. The maximum Gasteiger partial charge on any atom is 0.323 e. The summed E-state index contributed by atoms with van der Waals surface area (Å²) in [6, 6.07) is 0.185. The Morgan fingerprint density at radius 1 is 1.44 bits per heavy atom. The highest BCUT2D eigenvalue weighted by Crippen LogP contribution is 2.14. The molecule has 1 aliphatic rings. The highest BCUT2D eigenvalue weighted by Gasteiger charge is 2.18. The number of ether oxygens (including phenoxy) is 1. The molecule has 0 aliphatic carbocycles. The molecule has 0 radical (unpaired) electrons. The third-order valence-corrected chi connectivity index (χ3v) is 2.44. The SMILES string of the molecule is CCOc1nc(N)nc(N2CCCNC(=O)C2)n1. The molecule has 0 aromatic carbocycles. The largest absolute Gasteiger partial charge is 0.464 e. The number of hydrogen-bond acceptors (Lipinski definition) is 7. The first-order valence-electron chi connectivity index (χ1n) is 5.85. The molecule has 0 unspecified atom stereocenters. The van der Waals surface area contributed by atoms with Crippen molar-refractivity contribution in [1.82, 2.24) is 20.3 Å². The molecule has 8 nitrogen and oxygen atoms in total. The van der Waals surface area contributed by atoms with Crippen LogP contribution in [0.4, 0.5) is 11.9 Å². The summed E-state index contributed by atoms with van der Waals surface area (Å²) in [4.78, 5) is 25.3. The second-order valence-corrected chi connectivity index (χ2v) is 3.83. The highest BCUT2D eigenvalue weighted by molar-refractivity contribution is 5.81.